The van der Waals surface area contributed by atoms with Gasteiger partial charge < -0.3 is 14.8 Å². The highest BCUT2D eigenvalue weighted by atomic mass is 16.5. The lowest BCUT2D eigenvalue weighted by atomic mass is 10.0. The molecule has 1 aromatic carbocycles. The number of esters is 1. The first-order valence-electron chi connectivity index (χ1n) is 6.49. The molecular formula is C15H23NO3. The number of benzene rings is 1. The molecule has 0 aromatic heterocycles. The average Bonchev–Trinajstić information content (AvgIpc) is 2.40. The molecule has 0 bridgehead atoms. The summed E-state index contributed by atoms with van der Waals surface area (Å²) >= 11 is 0. The molecule has 0 spiro atoms. The predicted molar refractivity (Wildman–Crippen MR) is 75.5 cm³/mol. The van der Waals surface area contributed by atoms with Gasteiger partial charge >= 0.3 is 5.97 Å². The van der Waals surface area contributed by atoms with Crippen LogP contribution in [0.15, 0.2) is 18.2 Å². The summed E-state index contributed by atoms with van der Waals surface area (Å²) < 4.78 is 10.8. The molecule has 1 rings (SSSR count). The van der Waals surface area contributed by atoms with Crippen LogP contribution in [0.25, 0.3) is 0 Å². The van der Waals surface area contributed by atoms with Crippen LogP contribution in [0, 0.1) is 13.8 Å². The number of hydrogen-bond acceptors (Lipinski definition) is 4. The predicted octanol–water partition coefficient (Wildman–Crippen LogP) is 2.22. The maximum Gasteiger partial charge on any atom is 0.329 e. The average molecular weight is 265 g/mol. The molecule has 0 aliphatic rings. The third kappa shape index (κ3) is 3.70. The van der Waals surface area contributed by atoms with Gasteiger partial charge in [0.25, 0.3) is 0 Å². The smallest absolute Gasteiger partial charge is 0.329 e. The summed E-state index contributed by atoms with van der Waals surface area (Å²) in [6.07, 6.45) is 0. The van der Waals surface area contributed by atoms with Gasteiger partial charge in [0.1, 0.15) is 17.9 Å². The van der Waals surface area contributed by atoms with Gasteiger partial charge in [-0.3, -0.25) is 0 Å². The highest BCUT2D eigenvalue weighted by molar-refractivity contribution is 5.80. The Morgan fingerprint density at radius 1 is 1.37 bits per heavy atom. The largest absolute Gasteiger partial charge is 0.491 e. The Morgan fingerprint density at radius 2 is 2.05 bits per heavy atom. The van der Waals surface area contributed by atoms with Crippen molar-refractivity contribution in [3.8, 4) is 5.75 Å². The second-order valence-corrected chi connectivity index (χ2v) is 4.79. The van der Waals surface area contributed by atoms with Crippen molar-refractivity contribution < 1.29 is 14.3 Å². The number of rotatable bonds is 6. The van der Waals surface area contributed by atoms with Gasteiger partial charge in [-0.2, -0.15) is 0 Å². The summed E-state index contributed by atoms with van der Waals surface area (Å²) in [4.78, 5) is 11.9. The quantitative estimate of drug-likeness (QED) is 0.801. The minimum absolute atomic E-state index is 0.229. The summed E-state index contributed by atoms with van der Waals surface area (Å²) in [5, 5.41) is 2.97. The lowest BCUT2D eigenvalue weighted by molar-refractivity contribution is -0.151. The molecule has 0 saturated carbocycles. The highest BCUT2D eigenvalue weighted by Gasteiger charge is 2.34. The maximum atomic E-state index is 11.9. The second-order valence-electron chi connectivity index (χ2n) is 4.79. The molecule has 0 fully saturated rings. The Balaban J connectivity index is 2.78. The standard InChI is InChI=1S/C15H23NO3/c1-6-18-14(17)15(4,16-5)10-19-13-9-7-8-11(2)12(13)3/h7-9,16H,6,10H2,1-5H3. The van der Waals surface area contributed by atoms with Crippen LogP contribution >= 0.6 is 0 Å². The van der Waals surface area contributed by atoms with Gasteiger partial charge in [-0.15, -0.1) is 0 Å². The van der Waals surface area contributed by atoms with Crippen molar-refractivity contribution in [3.05, 3.63) is 29.3 Å². The number of likely N-dealkylation sites (N-methyl/N-ethyl adjacent to an activating group) is 1. The second kappa shape index (κ2) is 6.57. The fourth-order valence-electron chi connectivity index (χ4n) is 1.63. The third-order valence-corrected chi connectivity index (χ3v) is 3.35. The lowest BCUT2D eigenvalue weighted by Crippen LogP contribution is -2.53. The first kappa shape index (κ1) is 15.5. The molecule has 0 saturated heterocycles. The first-order chi connectivity index (χ1) is 8.94. The monoisotopic (exact) mass is 265 g/mol. The van der Waals surface area contributed by atoms with E-state index in [-0.39, 0.29) is 12.6 Å². The Hall–Kier alpha value is -1.55. The van der Waals surface area contributed by atoms with E-state index in [0.717, 1.165) is 11.3 Å². The van der Waals surface area contributed by atoms with Crippen LogP contribution in [0.5, 0.6) is 5.75 Å². The molecule has 106 valence electrons. The van der Waals surface area contributed by atoms with Crippen molar-refractivity contribution in [2.75, 3.05) is 20.3 Å². The Kier molecular flexibility index (Phi) is 5.36. The van der Waals surface area contributed by atoms with Crippen LogP contribution in [-0.2, 0) is 9.53 Å². The van der Waals surface area contributed by atoms with Gasteiger partial charge in [0.2, 0.25) is 0 Å². The van der Waals surface area contributed by atoms with Gasteiger partial charge in [-0.1, -0.05) is 12.1 Å². The highest BCUT2D eigenvalue weighted by Crippen LogP contribution is 2.22. The molecule has 1 N–H and O–H groups in total. The Morgan fingerprint density at radius 3 is 2.63 bits per heavy atom. The fourth-order valence-corrected chi connectivity index (χ4v) is 1.63. The number of ether oxygens (including phenoxy) is 2. The molecule has 0 radical (unpaired) electrons. The molecular weight excluding hydrogens is 242 g/mol. The third-order valence-electron chi connectivity index (χ3n) is 3.35. The fraction of sp³-hybridized carbons (Fsp3) is 0.533. The Bertz CT molecular complexity index is 445. The van der Waals surface area contributed by atoms with E-state index in [2.05, 4.69) is 5.32 Å². The van der Waals surface area contributed by atoms with E-state index in [1.165, 1.54) is 5.56 Å². The number of nitrogens with one attached hydrogen (secondary N) is 1. The van der Waals surface area contributed by atoms with Crippen molar-refractivity contribution in [1.82, 2.24) is 5.32 Å². The van der Waals surface area contributed by atoms with Crippen molar-refractivity contribution in [2.24, 2.45) is 0 Å². The van der Waals surface area contributed by atoms with Gasteiger partial charge in [0.15, 0.2) is 0 Å². The summed E-state index contributed by atoms with van der Waals surface area (Å²) in [7, 11) is 1.73. The lowest BCUT2D eigenvalue weighted by Gasteiger charge is -2.27. The van der Waals surface area contributed by atoms with Gasteiger partial charge in [0, 0.05) is 0 Å². The molecule has 1 aromatic rings. The minimum atomic E-state index is -0.841. The molecule has 0 aliphatic carbocycles. The zero-order valence-corrected chi connectivity index (χ0v) is 12.4. The van der Waals surface area contributed by atoms with E-state index >= 15 is 0 Å². The van der Waals surface area contributed by atoms with Crippen molar-refractivity contribution >= 4 is 5.97 Å². The van der Waals surface area contributed by atoms with Crippen LogP contribution in [0.4, 0.5) is 0 Å². The molecule has 4 heteroatoms. The normalized spacial score (nSPS) is 13.7. The number of carbonyl (C=O) groups excluding carboxylic acids is 1. The van der Waals surface area contributed by atoms with Gasteiger partial charge in [-0.05, 0) is 51.9 Å². The van der Waals surface area contributed by atoms with E-state index in [0.29, 0.717) is 6.61 Å². The molecule has 0 aliphatic heterocycles. The minimum Gasteiger partial charge on any atom is -0.491 e. The zero-order valence-electron chi connectivity index (χ0n) is 12.4. The van der Waals surface area contributed by atoms with E-state index in [9.17, 15) is 4.79 Å². The SMILES string of the molecule is CCOC(=O)C(C)(COc1cccc(C)c1C)NC. The summed E-state index contributed by atoms with van der Waals surface area (Å²) in [5.41, 5.74) is 1.41. The van der Waals surface area contributed by atoms with Crippen LogP contribution < -0.4 is 10.1 Å². The van der Waals surface area contributed by atoms with Gasteiger partial charge in [0.05, 0.1) is 6.61 Å². The molecule has 0 heterocycles. The van der Waals surface area contributed by atoms with Crippen LogP contribution in [-0.4, -0.2) is 31.8 Å². The van der Waals surface area contributed by atoms with E-state index in [1.807, 2.05) is 32.0 Å². The molecule has 1 atom stereocenters. The van der Waals surface area contributed by atoms with Gasteiger partial charge in [-0.25, -0.2) is 4.79 Å². The molecule has 4 nitrogen and oxygen atoms in total. The molecule has 19 heavy (non-hydrogen) atoms. The number of aryl methyl sites for hydroxylation is 1. The van der Waals surface area contributed by atoms with E-state index in [4.69, 9.17) is 9.47 Å². The summed E-state index contributed by atoms with van der Waals surface area (Å²) in [6.45, 7) is 8.19. The number of carbonyl (C=O) groups is 1. The number of hydrogen-bond donors (Lipinski definition) is 1. The maximum absolute atomic E-state index is 11.9. The van der Waals surface area contributed by atoms with E-state index in [1.54, 1.807) is 20.9 Å². The molecule has 1 unspecified atom stereocenters. The van der Waals surface area contributed by atoms with Crippen molar-refractivity contribution in [3.63, 3.8) is 0 Å². The molecule has 0 amide bonds. The van der Waals surface area contributed by atoms with Crippen LogP contribution in [0.3, 0.4) is 0 Å². The van der Waals surface area contributed by atoms with Crippen LogP contribution in [0.1, 0.15) is 25.0 Å². The Labute approximate surface area is 115 Å². The topological polar surface area (TPSA) is 47.6 Å². The summed E-state index contributed by atoms with van der Waals surface area (Å²) in [5.74, 6) is 0.494. The van der Waals surface area contributed by atoms with Crippen molar-refractivity contribution in [2.45, 2.75) is 33.2 Å². The van der Waals surface area contributed by atoms with Crippen molar-refractivity contribution in [1.29, 1.82) is 0 Å². The van der Waals surface area contributed by atoms with Crippen LogP contribution in [0.2, 0.25) is 0 Å². The summed E-state index contributed by atoms with van der Waals surface area (Å²) in [6, 6.07) is 5.88. The van der Waals surface area contributed by atoms with E-state index < -0.39 is 5.54 Å². The zero-order chi connectivity index (χ0) is 14.5. The first-order valence-corrected chi connectivity index (χ1v) is 6.49.